The highest BCUT2D eigenvalue weighted by atomic mass is 14.4. The van der Waals surface area contributed by atoms with Gasteiger partial charge in [-0.2, -0.15) is 0 Å². The van der Waals surface area contributed by atoms with E-state index in [2.05, 4.69) is 39.0 Å². The lowest BCUT2D eigenvalue weighted by Crippen LogP contribution is -2.06. The van der Waals surface area contributed by atoms with Crippen LogP contribution in [0.1, 0.15) is 85.0 Å². The van der Waals surface area contributed by atoms with E-state index in [1.807, 2.05) is 0 Å². The molecule has 1 rings (SSSR count). The highest BCUT2D eigenvalue weighted by molar-refractivity contribution is 5.40. The summed E-state index contributed by atoms with van der Waals surface area (Å²) in [6.45, 7) is 6.82. The number of hydrogen-bond donors (Lipinski definition) is 0. The molecule has 1 aliphatic rings. The summed E-state index contributed by atoms with van der Waals surface area (Å²) in [7, 11) is 0. The van der Waals surface area contributed by atoms with Crippen LogP contribution in [0.25, 0.3) is 0 Å². The molecule has 0 spiro atoms. The summed E-state index contributed by atoms with van der Waals surface area (Å²) in [5.41, 5.74) is 2.29. The van der Waals surface area contributed by atoms with Crippen molar-refractivity contribution >= 4 is 0 Å². The maximum Gasteiger partial charge on any atom is 0.00972 e. The van der Waals surface area contributed by atoms with Gasteiger partial charge >= 0.3 is 0 Å². The molecule has 0 heterocycles. The maximum absolute atomic E-state index is 2.58. The zero-order valence-electron chi connectivity index (χ0n) is 12.8. The van der Waals surface area contributed by atoms with Crippen LogP contribution in [-0.2, 0) is 0 Å². The van der Waals surface area contributed by atoms with Crippen molar-refractivity contribution in [1.82, 2.24) is 0 Å². The third-order valence-electron chi connectivity index (χ3n) is 4.20. The first-order valence-corrected chi connectivity index (χ1v) is 8.16. The highest BCUT2D eigenvalue weighted by Gasteiger charge is 2.40. The fraction of sp³-hybridized carbons (Fsp3) is 0.778. The van der Waals surface area contributed by atoms with Crippen molar-refractivity contribution in [2.75, 3.05) is 0 Å². The van der Waals surface area contributed by atoms with E-state index in [4.69, 9.17) is 0 Å². The Morgan fingerprint density at radius 1 is 0.889 bits per heavy atom. The largest absolute Gasteiger partial charge is 0.0885 e. The second-order valence-electron chi connectivity index (χ2n) is 5.82. The van der Waals surface area contributed by atoms with Crippen molar-refractivity contribution in [1.29, 1.82) is 0 Å². The van der Waals surface area contributed by atoms with Crippen LogP contribution in [0.15, 0.2) is 23.8 Å². The minimum Gasteiger partial charge on any atom is -0.0885 e. The van der Waals surface area contributed by atoms with Gasteiger partial charge in [0.15, 0.2) is 0 Å². The van der Waals surface area contributed by atoms with E-state index in [9.17, 15) is 0 Å². The molecule has 0 aromatic rings. The Morgan fingerprint density at radius 2 is 1.50 bits per heavy atom. The Morgan fingerprint density at radius 3 is 2.00 bits per heavy atom. The van der Waals surface area contributed by atoms with Gasteiger partial charge in [-0.1, -0.05) is 83.1 Å². The Bertz CT molecular complexity index is 260. The number of rotatable bonds is 11. The van der Waals surface area contributed by atoms with Crippen LogP contribution in [0.5, 0.6) is 0 Å². The standard InChI is InChI=1S/C18H32/c1-4-7-10-13-17-16-18(17,14-11-8-5-2)15-12-9-6-3/h7,10,16H,4-6,8-9,11-15H2,1-3H3/b10-7+. The molecule has 0 aliphatic heterocycles. The lowest BCUT2D eigenvalue weighted by atomic mass is 9.86. The molecule has 0 nitrogen and oxygen atoms in total. The van der Waals surface area contributed by atoms with Crippen LogP contribution < -0.4 is 0 Å². The van der Waals surface area contributed by atoms with Gasteiger partial charge in [-0.15, -0.1) is 0 Å². The van der Waals surface area contributed by atoms with Crippen LogP contribution in [-0.4, -0.2) is 0 Å². The molecule has 0 heteroatoms. The predicted octanol–water partition coefficient (Wildman–Crippen LogP) is 6.43. The van der Waals surface area contributed by atoms with E-state index < -0.39 is 0 Å². The number of hydrogen-bond acceptors (Lipinski definition) is 0. The van der Waals surface area contributed by atoms with Gasteiger partial charge in [0.1, 0.15) is 0 Å². The molecule has 1 aliphatic carbocycles. The Balaban J connectivity index is 2.34. The quantitative estimate of drug-likeness (QED) is 0.292. The minimum absolute atomic E-state index is 0.558. The summed E-state index contributed by atoms with van der Waals surface area (Å²) in [5.74, 6) is 0. The van der Waals surface area contributed by atoms with Crippen molar-refractivity contribution in [3.05, 3.63) is 23.8 Å². The molecular formula is C18H32. The molecule has 0 aromatic carbocycles. The monoisotopic (exact) mass is 248 g/mol. The van der Waals surface area contributed by atoms with E-state index in [0.717, 1.165) is 0 Å². The summed E-state index contributed by atoms with van der Waals surface area (Å²) in [6, 6.07) is 0. The molecular weight excluding hydrogens is 216 g/mol. The molecule has 18 heavy (non-hydrogen) atoms. The van der Waals surface area contributed by atoms with Gasteiger partial charge in [0.25, 0.3) is 0 Å². The van der Waals surface area contributed by atoms with Crippen LogP contribution in [0.4, 0.5) is 0 Å². The third kappa shape index (κ3) is 5.00. The molecule has 0 saturated carbocycles. The van der Waals surface area contributed by atoms with Crippen molar-refractivity contribution in [3.8, 4) is 0 Å². The van der Waals surface area contributed by atoms with Gasteiger partial charge in [0.2, 0.25) is 0 Å². The highest BCUT2D eigenvalue weighted by Crippen LogP contribution is 2.54. The maximum atomic E-state index is 2.58. The van der Waals surface area contributed by atoms with Gasteiger partial charge < -0.3 is 0 Å². The molecule has 0 atom stereocenters. The third-order valence-corrected chi connectivity index (χ3v) is 4.20. The Hall–Kier alpha value is -0.520. The second kappa shape index (κ2) is 8.56. The molecule has 0 amide bonds. The molecule has 0 unspecified atom stereocenters. The van der Waals surface area contributed by atoms with Gasteiger partial charge in [0, 0.05) is 5.41 Å². The minimum atomic E-state index is 0.558. The fourth-order valence-electron chi connectivity index (χ4n) is 2.91. The van der Waals surface area contributed by atoms with Crippen LogP contribution in [0, 0.1) is 5.41 Å². The van der Waals surface area contributed by atoms with Crippen molar-refractivity contribution in [2.24, 2.45) is 5.41 Å². The first kappa shape index (κ1) is 15.5. The molecule has 0 aromatic heterocycles. The van der Waals surface area contributed by atoms with Crippen molar-refractivity contribution < 1.29 is 0 Å². The van der Waals surface area contributed by atoms with Gasteiger partial charge in [-0.05, 0) is 25.7 Å². The molecule has 0 radical (unpaired) electrons. The van der Waals surface area contributed by atoms with Gasteiger partial charge in [-0.3, -0.25) is 0 Å². The van der Waals surface area contributed by atoms with Crippen molar-refractivity contribution in [3.63, 3.8) is 0 Å². The van der Waals surface area contributed by atoms with Gasteiger partial charge in [-0.25, -0.2) is 0 Å². The van der Waals surface area contributed by atoms with Gasteiger partial charge in [0.05, 0.1) is 0 Å². The first-order valence-electron chi connectivity index (χ1n) is 8.16. The van der Waals surface area contributed by atoms with E-state index in [0.29, 0.717) is 5.41 Å². The summed E-state index contributed by atoms with van der Waals surface area (Å²) in [6.07, 6.45) is 20.8. The second-order valence-corrected chi connectivity index (χ2v) is 5.82. The molecule has 0 saturated heterocycles. The average molecular weight is 248 g/mol. The number of unbranched alkanes of at least 4 members (excludes halogenated alkanes) is 4. The smallest absolute Gasteiger partial charge is 0.00972 e. The summed E-state index contributed by atoms with van der Waals surface area (Å²) < 4.78 is 0. The first-order chi connectivity index (χ1) is 8.79. The fourth-order valence-corrected chi connectivity index (χ4v) is 2.91. The van der Waals surface area contributed by atoms with Crippen molar-refractivity contribution in [2.45, 2.75) is 85.0 Å². The summed E-state index contributed by atoms with van der Waals surface area (Å²) in [4.78, 5) is 0. The lowest BCUT2D eigenvalue weighted by molar-refractivity contribution is 0.413. The molecule has 104 valence electrons. The Kier molecular flexibility index (Phi) is 7.39. The Labute approximate surface area is 115 Å². The van der Waals surface area contributed by atoms with E-state index >= 15 is 0 Å². The zero-order chi connectivity index (χ0) is 13.3. The van der Waals surface area contributed by atoms with Crippen LogP contribution in [0.2, 0.25) is 0 Å². The summed E-state index contributed by atoms with van der Waals surface area (Å²) in [5, 5.41) is 0. The topological polar surface area (TPSA) is 0 Å². The SMILES string of the molecule is CC/C=C/CC1=CC1(CCCCC)CCCCC. The summed E-state index contributed by atoms with van der Waals surface area (Å²) >= 11 is 0. The molecule has 0 N–H and O–H groups in total. The van der Waals surface area contributed by atoms with Crippen LogP contribution in [0.3, 0.4) is 0 Å². The zero-order valence-corrected chi connectivity index (χ0v) is 12.8. The number of allylic oxidation sites excluding steroid dienone is 4. The lowest BCUT2D eigenvalue weighted by Gasteiger charge is -2.18. The normalized spacial score (nSPS) is 17.2. The van der Waals surface area contributed by atoms with E-state index in [1.54, 1.807) is 5.57 Å². The van der Waals surface area contributed by atoms with E-state index in [1.165, 1.54) is 64.2 Å². The average Bonchev–Trinajstić information content (AvgIpc) is 3.04. The predicted molar refractivity (Wildman–Crippen MR) is 82.8 cm³/mol. The van der Waals surface area contributed by atoms with Crippen LogP contribution >= 0.6 is 0 Å². The molecule has 0 bridgehead atoms. The van der Waals surface area contributed by atoms with E-state index in [-0.39, 0.29) is 0 Å². The molecule has 0 fully saturated rings.